The fourth-order valence-electron chi connectivity index (χ4n) is 3.90. The van der Waals surface area contributed by atoms with Gasteiger partial charge in [0.1, 0.15) is 0 Å². The number of hydrogen-bond donors (Lipinski definition) is 0. The maximum atomic E-state index is 2.42. The van der Waals surface area contributed by atoms with E-state index in [-0.39, 0.29) is 0 Å². The molecule has 0 saturated heterocycles. The predicted octanol–water partition coefficient (Wildman–Crippen LogP) is 7.45. The smallest absolute Gasteiger partial charge is 0.00805 e. The summed E-state index contributed by atoms with van der Waals surface area (Å²) in [6.45, 7) is 8.00. The van der Waals surface area contributed by atoms with Crippen molar-refractivity contribution in [2.45, 2.75) is 46.5 Å². The number of fused-ring (bicyclic) bond motifs is 8. The average Bonchev–Trinajstić information content (AvgIpc) is 3.47. The van der Waals surface area contributed by atoms with Gasteiger partial charge in [-0.25, -0.2) is 0 Å². The van der Waals surface area contributed by atoms with Gasteiger partial charge in [-0.3, -0.25) is 0 Å². The van der Waals surface area contributed by atoms with E-state index >= 15 is 0 Å². The van der Waals surface area contributed by atoms with Crippen molar-refractivity contribution in [2.24, 2.45) is 5.92 Å². The molecule has 24 heavy (non-hydrogen) atoms. The van der Waals surface area contributed by atoms with Crippen molar-refractivity contribution < 1.29 is 0 Å². The molecule has 0 N–H and O–H groups in total. The van der Waals surface area contributed by atoms with Crippen LogP contribution in [0.1, 0.15) is 68.7 Å². The van der Waals surface area contributed by atoms with Crippen molar-refractivity contribution in [1.82, 2.24) is 0 Å². The summed E-state index contributed by atoms with van der Waals surface area (Å²) in [5.74, 6) is 1.57. The molecule has 1 fully saturated rings. The van der Waals surface area contributed by atoms with Gasteiger partial charge in [0, 0.05) is 0 Å². The second-order valence-electron chi connectivity index (χ2n) is 6.11. The fraction of sp³-hybridized carbons (Fsp3) is 0.333. The average molecular weight is 316 g/mol. The zero-order valence-electron chi connectivity index (χ0n) is 15.3. The Morgan fingerprint density at radius 3 is 2.17 bits per heavy atom. The molecule has 124 valence electrons. The molecule has 3 aliphatic rings. The molecule has 5 rings (SSSR count). The monoisotopic (exact) mass is 316 g/mol. The highest BCUT2D eigenvalue weighted by Crippen LogP contribution is 2.56. The normalized spacial score (nSPS) is 21.3. The van der Waals surface area contributed by atoms with Crippen molar-refractivity contribution >= 4 is 29.0 Å². The Hall–Kier alpha value is -2.08. The maximum absolute atomic E-state index is 2.42. The van der Waals surface area contributed by atoms with E-state index in [0.717, 1.165) is 18.3 Å². The third-order valence-electron chi connectivity index (χ3n) is 4.94. The van der Waals surface area contributed by atoms with E-state index in [1.807, 2.05) is 27.7 Å². The van der Waals surface area contributed by atoms with Crippen LogP contribution >= 0.6 is 0 Å². The van der Waals surface area contributed by atoms with Gasteiger partial charge in [0.15, 0.2) is 0 Å². The lowest BCUT2D eigenvalue weighted by Gasteiger charge is -2.19. The molecular weight excluding hydrogens is 288 g/mol. The van der Waals surface area contributed by atoms with Crippen LogP contribution in [0.25, 0.3) is 29.0 Å². The van der Waals surface area contributed by atoms with Crippen LogP contribution in [0.15, 0.2) is 42.5 Å². The van der Waals surface area contributed by atoms with E-state index in [1.54, 1.807) is 5.56 Å². The third-order valence-corrected chi connectivity index (χ3v) is 4.94. The van der Waals surface area contributed by atoms with Gasteiger partial charge in [0.25, 0.3) is 0 Å². The molecule has 2 aromatic carbocycles. The standard InChI is InChI=1S/C20H16.2C2H6/c1-2-6-14-15-8-4-5-9-17(15)20-18(16(14)7-3-1)11-10-13-12-19(13)20;2*1-2/h2-11,13,19H,1,12H2;2*1-2H3. The van der Waals surface area contributed by atoms with Crippen LogP contribution in [0.5, 0.6) is 0 Å². The molecule has 0 aliphatic heterocycles. The Balaban J connectivity index is 0.000000396. The van der Waals surface area contributed by atoms with Gasteiger partial charge in [-0.05, 0) is 57.7 Å². The van der Waals surface area contributed by atoms with Crippen molar-refractivity contribution in [2.75, 3.05) is 0 Å². The molecule has 0 spiro atoms. The quantitative estimate of drug-likeness (QED) is 0.473. The number of benzene rings is 2. The maximum Gasteiger partial charge on any atom is -0.00805 e. The van der Waals surface area contributed by atoms with Crippen molar-refractivity contribution in [3.05, 3.63) is 64.7 Å². The topological polar surface area (TPSA) is 0 Å². The zero-order valence-corrected chi connectivity index (χ0v) is 15.3. The molecule has 0 radical (unpaired) electrons. The summed E-state index contributed by atoms with van der Waals surface area (Å²) in [6.07, 6.45) is 16.4. The summed E-state index contributed by atoms with van der Waals surface area (Å²) in [4.78, 5) is 0. The van der Waals surface area contributed by atoms with E-state index < -0.39 is 0 Å². The lowest BCUT2D eigenvalue weighted by molar-refractivity contribution is 1.01. The third kappa shape index (κ3) is 2.65. The molecule has 0 aromatic heterocycles. The summed E-state index contributed by atoms with van der Waals surface area (Å²) in [5.41, 5.74) is 5.90. The first-order chi connectivity index (χ1) is 11.9. The molecule has 0 heteroatoms. The summed E-state index contributed by atoms with van der Waals surface area (Å²) in [6, 6.07) is 8.94. The van der Waals surface area contributed by atoms with E-state index in [2.05, 4.69) is 60.7 Å². The van der Waals surface area contributed by atoms with Gasteiger partial charge >= 0.3 is 0 Å². The number of rotatable bonds is 0. The van der Waals surface area contributed by atoms with E-state index in [4.69, 9.17) is 0 Å². The summed E-state index contributed by atoms with van der Waals surface area (Å²) in [5, 5.41) is 2.89. The number of allylic oxidation sites excluding steroid dienone is 3. The summed E-state index contributed by atoms with van der Waals surface area (Å²) >= 11 is 0. The molecule has 0 amide bonds. The minimum absolute atomic E-state index is 0.769. The Morgan fingerprint density at radius 1 is 0.750 bits per heavy atom. The molecule has 1 saturated carbocycles. The fourth-order valence-corrected chi connectivity index (χ4v) is 3.90. The predicted molar refractivity (Wildman–Crippen MR) is 109 cm³/mol. The van der Waals surface area contributed by atoms with Gasteiger partial charge in [0.05, 0.1) is 0 Å². The van der Waals surface area contributed by atoms with Crippen LogP contribution in [0.3, 0.4) is 0 Å². The SMILES string of the molecule is C1=Cc2c3c(c4ccccc4c2C=CC1)C1CC1C=C3.CC.CC. The van der Waals surface area contributed by atoms with Crippen LogP contribution in [0.4, 0.5) is 0 Å². The second kappa shape index (κ2) is 7.21. The van der Waals surface area contributed by atoms with Crippen LogP contribution in [0.2, 0.25) is 0 Å². The number of hydrogen-bond acceptors (Lipinski definition) is 0. The molecule has 3 aliphatic carbocycles. The molecule has 2 aromatic rings. The highest BCUT2D eigenvalue weighted by atomic mass is 14.4. The molecule has 0 bridgehead atoms. The van der Waals surface area contributed by atoms with Gasteiger partial charge < -0.3 is 0 Å². The molecular formula is C24H28. The summed E-state index contributed by atoms with van der Waals surface area (Å²) < 4.78 is 0. The zero-order chi connectivity index (χ0) is 17.1. The first-order valence-electron chi connectivity index (χ1n) is 9.53. The highest BCUT2D eigenvalue weighted by molar-refractivity contribution is 6.01. The first kappa shape index (κ1) is 16.8. The minimum atomic E-state index is 0.769. The van der Waals surface area contributed by atoms with E-state index in [1.165, 1.54) is 33.9 Å². The minimum Gasteiger partial charge on any atom is -0.0802 e. The Kier molecular flexibility index (Phi) is 5.04. The van der Waals surface area contributed by atoms with Crippen molar-refractivity contribution in [3.63, 3.8) is 0 Å². The van der Waals surface area contributed by atoms with Gasteiger partial charge in [-0.15, -0.1) is 0 Å². The van der Waals surface area contributed by atoms with E-state index in [9.17, 15) is 0 Å². The van der Waals surface area contributed by atoms with E-state index in [0.29, 0.717) is 0 Å². The second-order valence-corrected chi connectivity index (χ2v) is 6.11. The largest absolute Gasteiger partial charge is 0.0802 e. The molecule has 0 nitrogen and oxygen atoms in total. The highest BCUT2D eigenvalue weighted by Gasteiger charge is 2.41. The van der Waals surface area contributed by atoms with Gasteiger partial charge in [-0.2, -0.15) is 0 Å². The molecule has 2 atom stereocenters. The Labute approximate surface area is 146 Å². The van der Waals surface area contributed by atoms with Gasteiger partial charge in [0.2, 0.25) is 0 Å². The van der Waals surface area contributed by atoms with Crippen molar-refractivity contribution in [1.29, 1.82) is 0 Å². The molecule has 0 heterocycles. The lowest BCUT2D eigenvalue weighted by Crippen LogP contribution is -2.00. The first-order valence-corrected chi connectivity index (χ1v) is 9.53. The van der Waals surface area contributed by atoms with Crippen LogP contribution in [-0.2, 0) is 0 Å². The molecule has 2 unspecified atom stereocenters. The Bertz CT molecular complexity index is 818. The van der Waals surface area contributed by atoms with Crippen molar-refractivity contribution in [3.8, 4) is 0 Å². The van der Waals surface area contributed by atoms with Gasteiger partial charge in [-0.1, -0.05) is 88.4 Å². The van der Waals surface area contributed by atoms with Crippen LogP contribution in [-0.4, -0.2) is 0 Å². The van der Waals surface area contributed by atoms with Crippen LogP contribution in [0, 0.1) is 5.92 Å². The van der Waals surface area contributed by atoms with Crippen LogP contribution < -0.4 is 0 Å². The Morgan fingerprint density at radius 2 is 1.42 bits per heavy atom. The lowest BCUT2D eigenvalue weighted by atomic mass is 9.84. The summed E-state index contributed by atoms with van der Waals surface area (Å²) in [7, 11) is 0.